The number of aromatic nitrogens is 1. The number of hydrogen-bond acceptors (Lipinski definition) is 4. The van der Waals surface area contributed by atoms with E-state index in [1.165, 1.54) is 5.56 Å². The highest BCUT2D eigenvalue weighted by Gasteiger charge is 2.17. The summed E-state index contributed by atoms with van der Waals surface area (Å²) in [5.41, 5.74) is 3.01. The third kappa shape index (κ3) is 4.38. The van der Waals surface area contributed by atoms with Crippen molar-refractivity contribution < 1.29 is 8.42 Å². The molecular weight excluding hydrogens is 334 g/mol. The van der Waals surface area contributed by atoms with Crippen LogP contribution in [0.15, 0.2) is 41.3 Å². The van der Waals surface area contributed by atoms with Crippen LogP contribution in [0.2, 0.25) is 0 Å². The molecule has 3 rings (SSSR count). The molecule has 1 aromatic carbocycles. The van der Waals surface area contributed by atoms with E-state index in [-0.39, 0.29) is 0 Å². The molecule has 25 heavy (non-hydrogen) atoms. The molecule has 0 unspecified atom stereocenters. The Labute approximate surface area is 149 Å². The molecule has 0 spiro atoms. The van der Waals surface area contributed by atoms with Crippen LogP contribution in [0.4, 0.5) is 5.82 Å². The molecule has 0 saturated heterocycles. The summed E-state index contributed by atoms with van der Waals surface area (Å²) in [5, 5.41) is 3.31. The minimum absolute atomic E-state index is 0.342. The van der Waals surface area contributed by atoms with Crippen LogP contribution >= 0.6 is 0 Å². The smallest absolute Gasteiger partial charge is 0.240 e. The van der Waals surface area contributed by atoms with Gasteiger partial charge in [0.05, 0.1) is 4.90 Å². The summed E-state index contributed by atoms with van der Waals surface area (Å²) in [6.07, 6.45) is 4.43. The first-order valence-electron chi connectivity index (χ1n) is 8.90. The molecule has 134 valence electrons. The van der Waals surface area contributed by atoms with Crippen LogP contribution in [-0.4, -0.2) is 26.5 Å². The topological polar surface area (TPSA) is 71.1 Å². The SMILES string of the molecule is CCCc1ccccc1S(=O)(=O)NCCc1ccc2c(n1)NCCC2. The summed E-state index contributed by atoms with van der Waals surface area (Å²) in [6, 6.07) is 11.3. The fourth-order valence-corrected chi connectivity index (χ4v) is 4.44. The van der Waals surface area contributed by atoms with Gasteiger partial charge < -0.3 is 5.32 Å². The lowest BCUT2D eigenvalue weighted by molar-refractivity contribution is 0.580. The summed E-state index contributed by atoms with van der Waals surface area (Å²) in [5.74, 6) is 0.944. The number of anilines is 1. The van der Waals surface area contributed by atoms with Gasteiger partial charge in [0, 0.05) is 25.2 Å². The minimum Gasteiger partial charge on any atom is -0.370 e. The highest BCUT2D eigenvalue weighted by molar-refractivity contribution is 7.89. The standard InChI is InChI=1S/C19H25N3O2S/c1-2-6-15-7-3-4-9-18(15)25(23,24)21-14-12-17-11-10-16-8-5-13-20-19(16)22-17/h3-4,7,9-11,21H,2,5-6,8,12-14H2,1H3,(H,20,22). The third-order valence-corrected chi connectivity index (χ3v) is 5.97. The second-order valence-electron chi connectivity index (χ2n) is 6.35. The zero-order valence-electron chi connectivity index (χ0n) is 14.6. The number of benzene rings is 1. The fourth-order valence-electron chi connectivity index (χ4n) is 3.14. The summed E-state index contributed by atoms with van der Waals surface area (Å²) in [6.45, 7) is 3.34. The van der Waals surface area contributed by atoms with Crippen LogP contribution in [0, 0.1) is 0 Å². The summed E-state index contributed by atoms with van der Waals surface area (Å²) in [7, 11) is -3.49. The molecule has 1 aliphatic rings. The Morgan fingerprint density at radius 3 is 2.84 bits per heavy atom. The summed E-state index contributed by atoms with van der Waals surface area (Å²) >= 11 is 0. The molecule has 2 aromatic rings. The lowest BCUT2D eigenvalue weighted by Crippen LogP contribution is -2.27. The van der Waals surface area contributed by atoms with E-state index in [1.54, 1.807) is 12.1 Å². The molecule has 5 nitrogen and oxygen atoms in total. The zero-order valence-corrected chi connectivity index (χ0v) is 15.4. The fraction of sp³-hybridized carbons (Fsp3) is 0.421. The van der Waals surface area contributed by atoms with Crippen LogP contribution in [-0.2, 0) is 29.3 Å². The van der Waals surface area contributed by atoms with E-state index in [0.29, 0.717) is 17.9 Å². The van der Waals surface area contributed by atoms with Gasteiger partial charge >= 0.3 is 0 Å². The number of pyridine rings is 1. The Balaban J connectivity index is 1.65. The van der Waals surface area contributed by atoms with Crippen molar-refractivity contribution in [2.24, 2.45) is 0 Å². The Kier molecular flexibility index (Phi) is 5.71. The molecule has 2 N–H and O–H groups in total. The Bertz CT molecular complexity index is 834. The summed E-state index contributed by atoms with van der Waals surface area (Å²) in [4.78, 5) is 4.99. The average molecular weight is 359 g/mol. The van der Waals surface area contributed by atoms with Crippen molar-refractivity contribution in [2.45, 2.75) is 43.9 Å². The quantitative estimate of drug-likeness (QED) is 0.797. The maximum Gasteiger partial charge on any atom is 0.240 e. The van der Waals surface area contributed by atoms with Crippen molar-refractivity contribution in [3.8, 4) is 0 Å². The van der Waals surface area contributed by atoms with Crippen LogP contribution in [0.1, 0.15) is 36.6 Å². The van der Waals surface area contributed by atoms with Crippen LogP contribution < -0.4 is 10.0 Å². The Morgan fingerprint density at radius 1 is 1.16 bits per heavy atom. The lowest BCUT2D eigenvalue weighted by Gasteiger charge is -2.17. The monoisotopic (exact) mass is 359 g/mol. The maximum atomic E-state index is 12.6. The highest BCUT2D eigenvalue weighted by Crippen LogP contribution is 2.20. The minimum atomic E-state index is -3.49. The molecular formula is C19H25N3O2S. The van der Waals surface area contributed by atoms with Gasteiger partial charge in [-0.05, 0) is 42.5 Å². The van der Waals surface area contributed by atoms with Crippen molar-refractivity contribution in [1.29, 1.82) is 0 Å². The van der Waals surface area contributed by atoms with E-state index < -0.39 is 10.0 Å². The van der Waals surface area contributed by atoms with Crippen LogP contribution in [0.5, 0.6) is 0 Å². The number of rotatable bonds is 7. The van der Waals surface area contributed by atoms with Gasteiger partial charge in [0.2, 0.25) is 10.0 Å². The number of fused-ring (bicyclic) bond motifs is 1. The Hall–Kier alpha value is -1.92. The van der Waals surface area contributed by atoms with Crippen molar-refractivity contribution in [3.05, 3.63) is 53.2 Å². The van der Waals surface area contributed by atoms with Gasteiger partial charge in [0.1, 0.15) is 5.82 Å². The van der Waals surface area contributed by atoms with Gasteiger partial charge in [-0.2, -0.15) is 0 Å². The summed E-state index contributed by atoms with van der Waals surface area (Å²) < 4.78 is 27.9. The maximum absolute atomic E-state index is 12.6. The van der Waals surface area contributed by atoms with E-state index >= 15 is 0 Å². The number of nitrogens with zero attached hydrogens (tertiary/aromatic N) is 1. The van der Waals surface area contributed by atoms with Crippen LogP contribution in [0.3, 0.4) is 0 Å². The third-order valence-electron chi connectivity index (χ3n) is 4.41. The van der Waals surface area contributed by atoms with Gasteiger partial charge in [-0.1, -0.05) is 37.6 Å². The number of sulfonamides is 1. The zero-order chi connectivity index (χ0) is 17.7. The molecule has 0 aliphatic carbocycles. The van der Waals surface area contributed by atoms with Gasteiger partial charge in [-0.15, -0.1) is 0 Å². The van der Waals surface area contributed by atoms with E-state index in [4.69, 9.17) is 0 Å². The van der Waals surface area contributed by atoms with Gasteiger partial charge in [0.15, 0.2) is 0 Å². The van der Waals surface area contributed by atoms with Crippen molar-refractivity contribution in [1.82, 2.24) is 9.71 Å². The van der Waals surface area contributed by atoms with Crippen molar-refractivity contribution >= 4 is 15.8 Å². The van der Waals surface area contributed by atoms with Crippen molar-refractivity contribution in [2.75, 3.05) is 18.4 Å². The first-order valence-corrected chi connectivity index (χ1v) is 10.4. The molecule has 0 radical (unpaired) electrons. The van der Waals surface area contributed by atoms with Crippen molar-refractivity contribution in [3.63, 3.8) is 0 Å². The first-order chi connectivity index (χ1) is 12.1. The molecule has 0 saturated carbocycles. The predicted molar refractivity (Wildman–Crippen MR) is 100 cm³/mol. The number of aryl methyl sites for hydroxylation is 2. The van der Waals surface area contributed by atoms with Gasteiger partial charge in [-0.3, -0.25) is 0 Å². The highest BCUT2D eigenvalue weighted by atomic mass is 32.2. The molecule has 0 bridgehead atoms. The second kappa shape index (κ2) is 7.97. The molecule has 2 heterocycles. The molecule has 6 heteroatoms. The second-order valence-corrected chi connectivity index (χ2v) is 8.08. The van der Waals surface area contributed by atoms with E-state index in [1.807, 2.05) is 25.1 Å². The Morgan fingerprint density at radius 2 is 2.00 bits per heavy atom. The molecule has 0 amide bonds. The molecule has 0 atom stereocenters. The van der Waals surface area contributed by atoms with E-state index in [2.05, 4.69) is 21.1 Å². The molecule has 1 aliphatic heterocycles. The van der Waals surface area contributed by atoms with Crippen LogP contribution in [0.25, 0.3) is 0 Å². The first kappa shape index (κ1) is 17.9. The van der Waals surface area contributed by atoms with E-state index in [0.717, 1.165) is 49.3 Å². The number of hydrogen-bond donors (Lipinski definition) is 2. The normalized spacial score (nSPS) is 14.0. The van der Waals surface area contributed by atoms with Gasteiger partial charge in [-0.25, -0.2) is 18.1 Å². The largest absolute Gasteiger partial charge is 0.370 e. The average Bonchev–Trinajstić information content (AvgIpc) is 2.62. The van der Waals surface area contributed by atoms with Gasteiger partial charge in [0.25, 0.3) is 0 Å². The lowest BCUT2D eigenvalue weighted by atomic mass is 10.1. The molecule has 0 fully saturated rings. The van der Waals surface area contributed by atoms with E-state index in [9.17, 15) is 8.42 Å². The molecule has 1 aromatic heterocycles. The number of nitrogens with one attached hydrogen (secondary N) is 2. The predicted octanol–water partition coefficient (Wildman–Crippen LogP) is 2.91.